The number of benzene rings is 2. The summed E-state index contributed by atoms with van der Waals surface area (Å²) in [6, 6.07) is 18.9. The molecule has 3 rings (SSSR count). The third kappa shape index (κ3) is 5.86. The number of hydrogen-bond acceptors (Lipinski definition) is 6. The molecule has 7 nitrogen and oxygen atoms in total. The van der Waals surface area contributed by atoms with E-state index in [-0.39, 0.29) is 5.75 Å². The molecule has 0 aliphatic heterocycles. The van der Waals surface area contributed by atoms with Crippen molar-refractivity contribution in [2.75, 3.05) is 17.7 Å². The van der Waals surface area contributed by atoms with Gasteiger partial charge in [-0.15, -0.1) is 11.8 Å². The lowest BCUT2D eigenvalue weighted by Gasteiger charge is -2.09. The van der Waals surface area contributed by atoms with Crippen molar-refractivity contribution in [1.29, 1.82) is 5.26 Å². The molecule has 162 valence electrons. The maximum Gasteiger partial charge on any atom is 0.331 e. The molecule has 1 N–H and O–H groups in total. The molecule has 0 atom stereocenters. The fourth-order valence-corrected chi connectivity index (χ4v) is 3.71. The van der Waals surface area contributed by atoms with Crippen LogP contribution in [0, 0.1) is 25.2 Å². The zero-order valence-corrected chi connectivity index (χ0v) is 18.6. The van der Waals surface area contributed by atoms with Crippen LogP contribution < -0.4 is 5.32 Å². The average Bonchev–Trinajstić information content (AvgIpc) is 3.09. The van der Waals surface area contributed by atoms with Gasteiger partial charge in [-0.3, -0.25) is 4.79 Å². The van der Waals surface area contributed by atoms with Crippen LogP contribution in [-0.4, -0.2) is 34.0 Å². The zero-order chi connectivity index (χ0) is 22.9. The Kier molecular flexibility index (Phi) is 7.84. The quantitative estimate of drug-likeness (QED) is 0.315. The van der Waals surface area contributed by atoms with Gasteiger partial charge in [-0.05, 0) is 44.2 Å². The lowest BCUT2D eigenvalue weighted by Crippen LogP contribution is -2.20. The Morgan fingerprint density at radius 3 is 2.62 bits per heavy atom. The molecule has 0 aliphatic carbocycles. The number of amides is 1. The molecule has 8 heteroatoms. The molecular weight excluding hydrogens is 424 g/mol. The van der Waals surface area contributed by atoms with Crippen molar-refractivity contribution in [2.45, 2.75) is 18.7 Å². The number of nitrogens with one attached hydrogen (secondary N) is 1. The molecule has 0 saturated heterocycles. The van der Waals surface area contributed by atoms with E-state index in [1.807, 2.05) is 61.0 Å². The Morgan fingerprint density at radius 2 is 1.88 bits per heavy atom. The summed E-state index contributed by atoms with van der Waals surface area (Å²) in [4.78, 5) is 25.1. The lowest BCUT2D eigenvalue weighted by molar-refractivity contribution is -0.142. The van der Waals surface area contributed by atoms with Gasteiger partial charge in [0.25, 0.3) is 5.91 Å². The second-order valence-electron chi connectivity index (χ2n) is 6.76. The number of thioether (sulfide) groups is 1. The number of anilines is 1. The van der Waals surface area contributed by atoms with Gasteiger partial charge in [0.15, 0.2) is 6.61 Å². The molecular formula is C24H22N4O3S. The van der Waals surface area contributed by atoms with E-state index >= 15 is 0 Å². The lowest BCUT2D eigenvalue weighted by atomic mass is 10.2. The molecule has 32 heavy (non-hydrogen) atoms. The van der Waals surface area contributed by atoms with Crippen LogP contribution in [0.5, 0.6) is 0 Å². The SMILES string of the molecule is Cc1nn(-c2ccccc2)c(C)c1/C=C/C(=O)OCC(=O)Nc1ccccc1SCC#N. The first-order chi connectivity index (χ1) is 15.5. The number of carbonyl (C=O) groups excluding carboxylic acids is 2. The Balaban J connectivity index is 1.58. The average molecular weight is 447 g/mol. The Morgan fingerprint density at radius 1 is 1.16 bits per heavy atom. The summed E-state index contributed by atoms with van der Waals surface area (Å²) in [5, 5.41) is 16.0. The molecule has 1 aromatic heterocycles. The molecule has 0 spiro atoms. The highest BCUT2D eigenvalue weighted by Gasteiger charge is 2.12. The molecule has 0 radical (unpaired) electrons. The van der Waals surface area contributed by atoms with Crippen molar-refractivity contribution < 1.29 is 14.3 Å². The second kappa shape index (κ2) is 11.0. The minimum atomic E-state index is -0.626. The third-order valence-electron chi connectivity index (χ3n) is 4.53. The van der Waals surface area contributed by atoms with Crippen molar-refractivity contribution in [1.82, 2.24) is 9.78 Å². The highest BCUT2D eigenvalue weighted by Crippen LogP contribution is 2.26. The number of nitrogens with zero attached hydrogens (tertiary/aromatic N) is 3. The molecule has 0 aliphatic rings. The van der Waals surface area contributed by atoms with Gasteiger partial charge >= 0.3 is 5.97 Å². The van der Waals surface area contributed by atoms with Gasteiger partial charge in [-0.1, -0.05) is 30.3 Å². The number of carbonyl (C=O) groups is 2. The Labute approximate surface area is 190 Å². The van der Waals surface area contributed by atoms with Crippen LogP contribution in [0.25, 0.3) is 11.8 Å². The first kappa shape index (κ1) is 22.8. The van der Waals surface area contributed by atoms with Gasteiger partial charge in [0.05, 0.1) is 28.9 Å². The topological polar surface area (TPSA) is 97.0 Å². The second-order valence-corrected chi connectivity index (χ2v) is 7.78. The largest absolute Gasteiger partial charge is 0.452 e. The minimum Gasteiger partial charge on any atom is -0.452 e. The predicted octanol–water partition coefficient (Wildman–Crippen LogP) is 4.30. The monoisotopic (exact) mass is 446 g/mol. The number of esters is 1. The van der Waals surface area contributed by atoms with E-state index in [0.717, 1.165) is 27.5 Å². The van der Waals surface area contributed by atoms with Gasteiger partial charge in [-0.2, -0.15) is 10.4 Å². The number of ether oxygens (including phenoxy) is 1. The molecule has 0 unspecified atom stereocenters. The Hall–Kier alpha value is -3.83. The van der Waals surface area contributed by atoms with Crippen LogP contribution in [0.4, 0.5) is 5.69 Å². The van der Waals surface area contributed by atoms with Crippen molar-refractivity contribution >= 4 is 35.4 Å². The van der Waals surface area contributed by atoms with Crippen LogP contribution in [0.2, 0.25) is 0 Å². The number of hydrogen-bond donors (Lipinski definition) is 1. The third-order valence-corrected chi connectivity index (χ3v) is 5.47. The molecule has 0 saturated carbocycles. The molecule has 0 bridgehead atoms. The van der Waals surface area contributed by atoms with Gasteiger partial charge < -0.3 is 10.1 Å². The summed E-state index contributed by atoms with van der Waals surface area (Å²) in [6.45, 7) is 3.38. The van der Waals surface area contributed by atoms with Crippen molar-refractivity contribution in [3.05, 3.63) is 77.6 Å². The summed E-state index contributed by atoms with van der Waals surface area (Å²) in [6.07, 6.45) is 2.93. The molecule has 2 aromatic carbocycles. The number of aryl methyl sites for hydroxylation is 1. The normalized spacial score (nSPS) is 10.7. The van der Waals surface area contributed by atoms with Crippen LogP contribution in [-0.2, 0) is 14.3 Å². The number of aromatic nitrogens is 2. The van der Waals surface area contributed by atoms with Crippen LogP contribution in [0.15, 0.2) is 65.6 Å². The summed E-state index contributed by atoms with van der Waals surface area (Å²) in [5.41, 5.74) is 3.99. The van der Waals surface area contributed by atoms with E-state index in [1.165, 1.54) is 17.8 Å². The van der Waals surface area contributed by atoms with E-state index in [9.17, 15) is 9.59 Å². The van der Waals surface area contributed by atoms with E-state index in [2.05, 4.69) is 16.5 Å². The van der Waals surface area contributed by atoms with Crippen LogP contribution >= 0.6 is 11.8 Å². The van der Waals surface area contributed by atoms with Gasteiger partial charge in [0.1, 0.15) is 0 Å². The van der Waals surface area contributed by atoms with Crippen LogP contribution in [0.3, 0.4) is 0 Å². The smallest absolute Gasteiger partial charge is 0.331 e. The predicted molar refractivity (Wildman–Crippen MR) is 124 cm³/mol. The van der Waals surface area contributed by atoms with Crippen molar-refractivity contribution in [3.8, 4) is 11.8 Å². The van der Waals surface area contributed by atoms with Gasteiger partial charge in [0.2, 0.25) is 0 Å². The van der Waals surface area contributed by atoms with E-state index in [0.29, 0.717) is 5.69 Å². The summed E-state index contributed by atoms with van der Waals surface area (Å²) >= 11 is 1.32. The Bertz CT molecular complexity index is 1180. The highest BCUT2D eigenvalue weighted by atomic mass is 32.2. The molecule has 3 aromatic rings. The van der Waals surface area contributed by atoms with E-state index < -0.39 is 18.5 Å². The number of rotatable bonds is 8. The highest BCUT2D eigenvalue weighted by molar-refractivity contribution is 7.99. The zero-order valence-electron chi connectivity index (χ0n) is 17.7. The van der Waals surface area contributed by atoms with Crippen LogP contribution in [0.1, 0.15) is 17.0 Å². The minimum absolute atomic E-state index is 0.270. The van der Waals surface area contributed by atoms with Gasteiger partial charge in [0, 0.05) is 22.2 Å². The van der Waals surface area contributed by atoms with Gasteiger partial charge in [-0.25, -0.2) is 9.48 Å². The molecule has 1 heterocycles. The first-order valence-electron chi connectivity index (χ1n) is 9.84. The summed E-state index contributed by atoms with van der Waals surface area (Å²) in [5.74, 6) is -0.814. The number of para-hydroxylation sites is 2. The first-order valence-corrected chi connectivity index (χ1v) is 10.8. The number of nitriles is 1. The molecule has 1 amide bonds. The molecule has 0 fully saturated rings. The summed E-state index contributed by atoms with van der Waals surface area (Å²) in [7, 11) is 0. The fourth-order valence-electron chi connectivity index (χ4n) is 3.04. The standard InChI is InChI=1S/C24H22N4O3S/c1-17-20(18(2)28(27-17)19-8-4-3-5-9-19)12-13-24(30)31-16-23(29)26-21-10-6-7-11-22(21)32-15-14-25/h3-13H,15-16H2,1-2H3,(H,26,29)/b13-12+. The van der Waals surface area contributed by atoms with Crippen molar-refractivity contribution in [3.63, 3.8) is 0 Å². The van der Waals surface area contributed by atoms with E-state index in [1.54, 1.807) is 18.2 Å². The maximum atomic E-state index is 12.2. The van der Waals surface area contributed by atoms with Crippen molar-refractivity contribution in [2.24, 2.45) is 0 Å². The maximum absolute atomic E-state index is 12.2. The fraction of sp³-hybridized carbons (Fsp3) is 0.167. The van der Waals surface area contributed by atoms with E-state index in [4.69, 9.17) is 10.00 Å². The summed E-state index contributed by atoms with van der Waals surface area (Å²) < 4.78 is 6.88.